The highest BCUT2D eigenvalue weighted by Gasteiger charge is 2.21. The Labute approximate surface area is 168 Å². The van der Waals surface area contributed by atoms with Crippen molar-refractivity contribution in [1.82, 2.24) is 15.1 Å². The molecule has 1 heterocycles. The van der Waals surface area contributed by atoms with Gasteiger partial charge in [0.05, 0.1) is 17.7 Å². The fraction of sp³-hybridized carbons (Fsp3) is 0.636. The summed E-state index contributed by atoms with van der Waals surface area (Å²) < 4.78 is 5.91. The molecule has 1 aromatic carbocycles. The number of rotatable bonds is 7. The lowest BCUT2D eigenvalue weighted by molar-refractivity contribution is 0.0274. The van der Waals surface area contributed by atoms with E-state index in [2.05, 4.69) is 16.3 Å². The molecule has 0 spiro atoms. The number of ether oxygens (including phenoxy) is 1. The molecule has 6 nitrogen and oxygen atoms in total. The molecule has 28 heavy (non-hydrogen) atoms. The lowest BCUT2D eigenvalue weighted by Crippen LogP contribution is -2.51. The molecule has 0 unspecified atom stereocenters. The van der Waals surface area contributed by atoms with Crippen molar-refractivity contribution in [2.24, 2.45) is 0 Å². The van der Waals surface area contributed by atoms with Crippen LogP contribution in [0.4, 0.5) is 4.79 Å². The summed E-state index contributed by atoms with van der Waals surface area (Å²) in [6.07, 6.45) is 7.63. The minimum Gasteiger partial charge on any atom is -0.378 e. The summed E-state index contributed by atoms with van der Waals surface area (Å²) in [4.78, 5) is 16.6. The van der Waals surface area contributed by atoms with Gasteiger partial charge in [-0.2, -0.15) is 5.26 Å². The van der Waals surface area contributed by atoms with Gasteiger partial charge in [-0.1, -0.05) is 31.4 Å². The number of carbonyl (C=O) groups excluding carboxylic acids is 1. The second-order valence-electron chi connectivity index (χ2n) is 7.79. The molecule has 2 amide bonds. The van der Waals surface area contributed by atoms with Crippen LogP contribution in [0.15, 0.2) is 24.3 Å². The summed E-state index contributed by atoms with van der Waals surface area (Å²) in [6.45, 7) is 5.53. The number of nitrogens with zero attached hydrogens (tertiary/aromatic N) is 3. The van der Waals surface area contributed by atoms with E-state index in [1.165, 1.54) is 37.7 Å². The van der Waals surface area contributed by atoms with Crippen molar-refractivity contribution in [3.8, 4) is 6.07 Å². The number of nitriles is 1. The Morgan fingerprint density at radius 1 is 1.11 bits per heavy atom. The average Bonchev–Trinajstić information content (AvgIpc) is 2.75. The molecule has 3 rings (SSSR count). The molecule has 2 aliphatic rings. The average molecular weight is 385 g/mol. The minimum atomic E-state index is 0.0377. The Bertz CT molecular complexity index is 641. The van der Waals surface area contributed by atoms with E-state index >= 15 is 0 Å². The van der Waals surface area contributed by atoms with Gasteiger partial charge in [0.25, 0.3) is 0 Å². The molecule has 1 saturated heterocycles. The summed E-state index contributed by atoms with van der Waals surface area (Å²) in [7, 11) is 0. The third-order valence-corrected chi connectivity index (χ3v) is 5.65. The van der Waals surface area contributed by atoms with Gasteiger partial charge in [-0.05, 0) is 37.0 Å². The smallest absolute Gasteiger partial charge is 0.317 e. The van der Waals surface area contributed by atoms with Crippen molar-refractivity contribution in [3.05, 3.63) is 35.4 Å². The lowest BCUT2D eigenvalue weighted by Gasteiger charge is -2.34. The minimum absolute atomic E-state index is 0.0377. The van der Waals surface area contributed by atoms with Gasteiger partial charge in [-0.15, -0.1) is 0 Å². The lowest BCUT2D eigenvalue weighted by atomic mass is 9.98. The van der Waals surface area contributed by atoms with Crippen LogP contribution in [-0.4, -0.2) is 61.3 Å². The molecular weight excluding hydrogens is 352 g/mol. The first-order valence-corrected chi connectivity index (χ1v) is 10.6. The van der Waals surface area contributed by atoms with Crippen molar-refractivity contribution in [3.63, 3.8) is 0 Å². The van der Waals surface area contributed by atoms with Crippen LogP contribution in [0.1, 0.15) is 49.7 Å². The molecule has 0 aromatic heterocycles. The predicted octanol–water partition coefficient (Wildman–Crippen LogP) is 3.12. The summed E-state index contributed by atoms with van der Waals surface area (Å²) in [5, 5.41) is 11.9. The monoisotopic (exact) mass is 384 g/mol. The third kappa shape index (κ3) is 6.50. The first-order chi connectivity index (χ1) is 13.7. The molecule has 1 saturated carbocycles. The highest BCUT2D eigenvalue weighted by atomic mass is 16.5. The van der Waals surface area contributed by atoms with E-state index in [1.807, 2.05) is 29.2 Å². The number of carbonyl (C=O) groups is 1. The van der Waals surface area contributed by atoms with Crippen LogP contribution in [0.25, 0.3) is 0 Å². The van der Waals surface area contributed by atoms with Crippen LogP contribution in [0.5, 0.6) is 0 Å². The zero-order valence-corrected chi connectivity index (χ0v) is 16.7. The number of piperazine rings is 1. The van der Waals surface area contributed by atoms with E-state index in [4.69, 9.17) is 10.00 Å². The van der Waals surface area contributed by atoms with Gasteiger partial charge in [0, 0.05) is 45.9 Å². The molecule has 1 aliphatic carbocycles. The first-order valence-electron chi connectivity index (χ1n) is 10.6. The molecule has 0 atom stereocenters. The maximum Gasteiger partial charge on any atom is 0.317 e. The fourth-order valence-corrected chi connectivity index (χ4v) is 3.91. The Morgan fingerprint density at radius 3 is 2.50 bits per heavy atom. The summed E-state index contributed by atoms with van der Waals surface area (Å²) in [6, 6.07) is 9.91. The molecule has 1 aliphatic heterocycles. The van der Waals surface area contributed by atoms with E-state index < -0.39 is 0 Å². The zero-order valence-electron chi connectivity index (χ0n) is 16.7. The highest BCUT2D eigenvalue weighted by molar-refractivity contribution is 5.74. The van der Waals surface area contributed by atoms with Gasteiger partial charge in [0.15, 0.2) is 0 Å². The number of benzene rings is 1. The third-order valence-electron chi connectivity index (χ3n) is 5.65. The van der Waals surface area contributed by atoms with Crippen molar-refractivity contribution >= 4 is 6.03 Å². The number of nitrogens with one attached hydrogen (secondary N) is 1. The van der Waals surface area contributed by atoms with E-state index in [0.717, 1.165) is 45.8 Å². The molecule has 152 valence electrons. The highest BCUT2D eigenvalue weighted by Crippen LogP contribution is 2.20. The van der Waals surface area contributed by atoms with Crippen molar-refractivity contribution < 1.29 is 9.53 Å². The summed E-state index contributed by atoms with van der Waals surface area (Å²) in [5.74, 6) is 0. The molecule has 0 radical (unpaired) electrons. The van der Waals surface area contributed by atoms with Crippen LogP contribution < -0.4 is 5.32 Å². The van der Waals surface area contributed by atoms with Crippen LogP contribution in [0.2, 0.25) is 0 Å². The largest absolute Gasteiger partial charge is 0.378 e. The van der Waals surface area contributed by atoms with Crippen LogP contribution in [-0.2, 0) is 11.3 Å². The van der Waals surface area contributed by atoms with Crippen LogP contribution in [0.3, 0.4) is 0 Å². The summed E-state index contributed by atoms with van der Waals surface area (Å²) >= 11 is 0. The van der Waals surface area contributed by atoms with E-state index in [-0.39, 0.29) is 6.03 Å². The maximum atomic E-state index is 12.3. The van der Waals surface area contributed by atoms with Crippen molar-refractivity contribution in [1.29, 1.82) is 5.26 Å². The quantitative estimate of drug-likeness (QED) is 0.734. The Kier molecular flexibility index (Phi) is 8.13. The second-order valence-corrected chi connectivity index (χ2v) is 7.79. The van der Waals surface area contributed by atoms with Gasteiger partial charge in [0.2, 0.25) is 0 Å². The van der Waals surface area contributed by atoms with E-state index in [0.29, 0.717) is 18.2 Å². The molecule has 1 aromatic rings. The SMILES string of the molecule is N#Cc1ccc(CN2CCN(C(=O)NCCCOC3CCCCC3)CC2)cc1. The topological polar surface area (TPSA) is 68.6 Å². The summed E-state index contributed by atoms with van der Waals surface area (Å²) in [5.41, 5.74) is 1.89. The molecule has 0 bridgehead atoms. The number of hydrogen-bond acceptors (Lipinski definition) is 4. The first kappa shape index (κ1) is 20.6. The van der Waals surface area contributed by atoms with Gasteiger partial charge < -0.3 is 15.0 Å². The van der Waals surface area contributed by atoms with Gasteiger partial charge >= 0.3 is 6.03 Å². The normalized spacial score (nSPS) is 18.6. The van der Waals surface area contributed by atoms with Crippen LogP contribution in [0, 0.1) is 11.3 Å². The van der Waals surface area contributed by atoms with Crippen molar-refractivity contribution in [2.45, 2.75) is 51.2 Å². The van der Waals surface area contributed by atoms with Crippen molar-refractivity contribution in [2.75, 3.05) is 39.3 Å². The maximum absolute atomic E-state index is 12.3. The number of urea groups is 1. The Hall–Kier alpha value is -2.10. The Balaban J connectivity index is 1.27. The van der Waals surface area contributed by atoms with E-state index in [9.17, 15) is 4.79 Å². The number of hydrogen-bond donors (Lipinski definition) is 1. The molecular formula is C22H32N4O2. The van der Waals surface area contributed by atoms with Gasteiger partial charge in [0.1, 0.15) is 0 Å². The predicted molar refractivity (Wildman–Crippen MR) is 109 cm³/mol. The van der Waals surface area contributed by atoms with Crippen LogP contribution >= 0.6 is 0 Å². The fourth-order valence-electron chi connectivity index (χ4n) is 3.91. The number of amides is 2. The molecule has 6 heteroatoms. The van der Waals surface area contributed by atoms with Gasteiger partial charge in [-0.25, -0.2) is 4.79 Å². The molecule has 1 N–H and O–H groups in total. The second kappa shape index (κ2) is 11.0. The Morgan fingerprint density at radius 2 is 1.82 bits per heavy atom. The molecule has 2 fully saturated rings. The zero-order chi connectivity index (χ0) is 19.6. The van der Waals surface area contributed by atoms with Gasteiger partial charge in [-0.3, -0.25) is 4.90 Å². The van der Waals surface area contributed by atoms with E-state index in [1.54, 1.807) is 0 Å². The standard InChI is InChI=1S/C22H32N4O2/c23-17-19-7-9-20(10-8-19)18-25-12-14-26(15-13-25)22(27)24-11-4-16-28-21-5-2-1-3-6-21/h7-10,21H,1-6,11-16,18H2,(H,24,27).